The van der Waals surface area contributed by atoms with E-state index >= 15 is 0 Å². The highest BCUT2D eigenvalue weighted by Crippen LogP contribution is 2.37. The van der Waals surface area contributed by atoms with Crippen LogP contribution in [0.15, 0.2) is 76.3 Å². The molecule has 0 amide bonds. The lowest BCUT2D eigenvalue weighted by molar-refractivity contribution is 0.415. The topological polar surface area (TPSA) is 53.2 Å². The molecule has 36 heavy (non-hydrogen) atoms. The van der Waals surface area contributed by atoms with Gasteiger partial charge in [-0.15, -0.1) is 11.3 Å². The van der Waals surface area contributed by atoms with E-state index in [2.05, 4.69) is 0 Å². The molecule has 5 rings (SSSR count). The molecule has 0 saturated heterocycles. The van der Waals surface area contributed by atoms with Crippen LogP contribution in [0.2, 0.25) is 5.02 Å². The number of aromatic nitrogens is 2. The number of hydrogen-bond donors (Lipinski definition) is 0. The molecule has 3 aromatic carbocycles. The molecule has 0 unspecified atom stereocenters. The minimum atomic E-state index is -0.783. The van der Waals surface area contributed by atoms with Gasteiger partial charge in [-0.1, -0.05) is 29.8 Å². The fourth-order valence-corrected chi connectivity index (χ4v) is 5.71. The molecule has 2 aromatic heterocycles. The smallest absolute Gasteiger partial charge is 0.337 e. The molecule has 0 aliphatic rings. The van der Waals surface area contributed by atoms with Gasteiger partial charge >= 0.3 is 5.69 Å². The van der Waals surface area contributed by atoms with Crippen LogP contribution in [0.3, 0.4) is 0 Å². The second-order valence-electron chi connectivity index (χ2n) is 8.13. The van der Waals surface area contributed by atoms with Crippen LogP contribution in [0.1, 0.15) is 11.1 Å². The minimum absolute atomic E-state index is 0.190. The highest BCUT2D eigenvalue weighted by atomic mass is 35.5. The van der Waals surface area contributed by atoms with Gasteiger partial charge in [0.1, 0.15) is 22.2 Å². The summed E-state index contributed by atoms with van der Waals surface area (Å²) in [6.07, 6.45) is 0. The van der Waals surface area contributed by atoms with Gasteiger partial charge in [0.15, 0.2) is 0 Å². The molecule has 0 bridgehead atoms. The summed E-state index contributed by atoms with van der Waals surface area (Å²) in [4.78, 5) is 28.5. The Morgan fingerprint density at radius 3 is 2.25 bits per heavy atom. The summed E-state index contributed by atoms with van der Waals surface area (Å²) in [6.45, 7) is 1.38. The summed E-state index contributed by atoms with van der Waals surface area (Å²) >= 11 is 7.56. The van der Waals surface area contributed by atoms with Crippen LogP contribution in [-0.4, -0.2) is 16.2 Å². The predicted octanol–water partition coefficient (Wildman–Crippen LogP) is 6.18. The first-order valence-electron chi connectivity index (χ1n) is 10.9. The molecule has 0 radical (unpaired) electrons. The zero-order chi connectivity index (χ0) is 25.6. The van der Waals surface area contributed by atoms with Crippen molar-refractivity contribution in [1.29, 1.82) is 0 Å². The van der Waals surface area contributed by atoms with Crippen molar-refractivity contribution < 1.29 is 13.5 Å². The fraction of sp³-hybridized carbons (Fsp3) is 0.111. The van der Waals surface area contributed by atoms with Crippen molar-refractivity contribution in [1.82, 2.24) is 9.13 Å². The van der Waals surface area contributed by atoms with Crippen molar-refractivity contribution >= 4 is 33.2 Å². The molecular weight excluding hydrogens is 506 g/mol. The van der Waals surface area contributed by atoms with E-state index in [9.17, 15) is 18.4 Å². The van der Waals surface area contributed by atoms with E-state index in [1.165, 1.54) is 22.0 Å². The lowest BCUT2D eigenvalue weighted by Crippen LogP contribution is -2.39. The van der Waals surface area contributed by atoms with E-state index in [-0.39, 0.29) is 21.7 Å². The average Bonchev–Trinajstić information content (AvgIpc) is 3.21. The van der Waals surface area contributed by atoms with Gasteiger partial charge in [-0.25, -0.2) is 18.1 Å². The lowest BCUT2D eigenvalue weighted by atomic mass is 10.1. The molecule has 182 valence electrons. The van der Waals surface area contributed by atoms with E-state index in [0.717, 1.165) is 27.1 Å². The Bertz CT molecular complexity index is 1720. The number of thiophene rings is 1. The fourth-order valence-electron chi connectivity index (χ4n) is 4.19. The van der Waals surface area contributed by atoms with Crippen LogP contribution in [0.4, 0.5) is 8.78 Å². The quantitative estimate of drug-likeness (QED) is 0.276. The molecule has 2 heterocycles. The van der Waals surface area contributed by atoms with Crippen LogP contribution in [-0.2, 0) is 6.54 Å². The summed E-state index contributed by atoms with van der Waals surface area (Å²) in [6, 6.07) is 17.3. The number of para-hydroxylation sites is 1. The van der Waals surface area contributed by atoms with Crippen LogP contribution >= 0.6 is 22.9 Å². The normalized spacial score (nSPS) is 11.2. The number of aryl methyl sites for hydroxylation is 1. The third-order valence-electron chi connectivity index (χ3n) is 6.04. The number of ether oxygens (including phenoxy) is 1. The third kappa shape index (κ3) is 3.92. The summed E-state index contributed by atoms with van der Waals surface area (Å²) < 4.78 is 36.6. The summed E-state index contributed by atoms with van der Waals surface area (Å²) in [5.41, 5.74) is 0.0772. The van der Waals surface area contributed by atoms with Gasteiger partial charge in [-0.3, -0.25) is 9.36 Å². The Hall–Kier alpha value is -3.75. The highest BCUT2D eigenvalue weighted by molar-refractivity contribution is 7.22. The van der Waals surface area contributed by atoms with Crippen molar-refractivity contribution in [3.63, 3.8) is 0 Å². The summed E-state index contributed by atoms with van der Waals surface area (Å²) in [7, 11) is 1.57. The molecule has 0 atom stereocenters. The van der Waals surface area contributed by atoms with Gasteiger partial charge in [0.25, 0.3) is 5.56 Å². The van der Waals surface area contributed by atoms with Gasteiger partial charge in [-0.2, -0.15) is 0 Å². The molecule has 0 spiro atoms. The average molecular weight is 525 g/mol. The predicted molar refractivity (Wildman–Crippen MR) is 139 cm³/mol. The number of nitrogens with zero attached hydrogens (tertiary/aromatic N) is 2. The first-order chi connectivity index (χ1) is 17.3. The van der Waals surface area contributed by atoms with Crippen molar-refractivity contribution in [2.75, 3.05) is 7.11 Å². The Balaban J connectivity index is 1.86. The summed E-state index contributed by atoms with van der Waals surface area (Å²) in [5.74, 6) is -0.895. The summed E-state index contributed by atoms with van der Waals surface area (Å²) in [5, 5.41) is 0.477. The minimum Gasteiger partial charge on any atom is -0.497 e. The van der Waals surface area contributed by atoms with E-state index in [0.29, 0.717) is 16.1 Å². The maximum atomic E-state index is 14.6. The third-order valence-corrected chi connectivity index (χ3v) is 7.72. The lowest BCUT2D eigenvalue weighted by Gasteiger charge is -2.14. The van der Waals surface area contributed by atoms with Gasteiger partial charge in [-0.05, 0) is 66.6 Å². The Morgan fingerprint density at radius 1 is 0.944 bits per heavy atom. The zero-order valence-electron chi connectivity index (χ0n) is 19.2. The van der Waals surface area contributed by atoms with E-state index in [1.807, 2.05) is 12.1 Å². The van der Waals surface area contributed by atoms with Gasteiger partial charge in [0.05, 0.1) is 29.8 Å². The van der Waals surface area contributed by atoms with E-state index < -0.39 is 29.4 Å². The standard InChI is InChI=1S/C27H19ClF2N2O3S/c1-15-23-25(33)32(22-9-4-3-6-19(22)28)27(34)31(14-18-20(29)7-5-8-21(18)30)26(23)36-24(15)16-10-12-17(35-2)13-11-16/h3-13H,14H2,1-2H3. The number of benzene rings is 3. The largest absolute Gasteiger partial charge is 0.497 e. The van der Waals surface area contributed by atoms with Gasteiger partial charge < -0.3 is 4.74 Å². The monoisotopic (exact) mass is 524 g/mol. The maximum Gasteiger partial charge on any atom is 0.337 e. The van der Waals surface area contributed by atoms with Crippen LogP contribution < -0.4 is 16.0 Å². The van der Waals surface area contributed by atoms with Crippen LogP contribution in [0.5, 0.6) is 5.75 Å². The van der Waals surface area contributed by atoms with Gasteiger partial charge in [0.2, 0.25) is 0 Å². The number of rotatable bonds is 5. The van der Waals surface area contributed by atoms with Crippen molar-refractivity contribution in [2.24, 2.45) is 0 Å². The zero-order valence-corrected chi connectivity index (χ0v) is 20.8. The first-order valence-corrected chi connectivity index (χ1v) is 12.1. The molecular formula is C27H19ClF2N2O3S. The Labute approximate surface area is 213 Å². The van der Waals surface area contributed by atoms with Crippen LogP contribution in [0.25, 0.3) is 26.3 Å². The molecule has 0 aliphatic heterocycles. The highest BCUT2D eigenvalue weighted by Gasteiger charge is 2.23. The second-order valence-corrected chi connectivity index (χ2v) is 9.53. The maximum absolute atomic E-state index is 14.6. The molecule has 5 aromatic rings. The molecule has 5 nitrogen and oxygen atoms in total. The number of hydrogen-bond acceptors (Lipinski definition) is 4. The van der Waals surface area contributed by atoms with Crippen molar-refractivity contribution in [3.8, 4) is 21.9 Å². The number of methoxy groups -OCH3 is 1. The SMILES string of the molecule is COc1ccc(-c2sc3c(c2C)c(=O)n(-c2ccccc2Cl)c(=O)n3Cc2c(F)cccc2F)cc1. The van der Waals surface area contributed by atoms with E-state index in [4.69, 9.17) is 16.3 Å². The first kappa shape index (κ1) is 24.0. The molecule has 9 heteroatoms. The van der Waals surface area contributed by atoms with Crippen molar-refractivity contribution in [2.45, 2.75) is 13.5 Å². The van der Waals surface area contributed by atoms with Gasteiger partial charge in [0, 0.05) is 10.4 Å². The number of halogens is 3. The molecule has 0 aliphatic carbocycles. The Morgan fingerprint density at radius 2 is 1.61 bits per heavy atom. The second kappa shape index (κ2) is 9.37. The molecule has 0 saturated carbocycles. The van der Waals surface area contributed by atoms with E-state index in [1.54, 1.807) is 50.4 Å². The molecule has 0 N–H and O–H groups in total. The number of fused-ring (bicyclic) bond motifs is 1. The van der Waals surface area contributed by atoms with Crippen molar-refractivity contribution in [3.05, 3.63) is 115 Å². The van der Waals surface area contributed by atoms with Crippen LogP contribution in [0, 0.1) is 18.6 Å². The Kier molecular flexibility index (Phi) is 6.24. The molecule has 0 fully saturated rings.